The summed E-state index contributed by atoms with van der Waals surface area (Å²) >= 11 is 0. The highest BCUT2D eigenvalue weighted by Gasteiger charge is 2.18. The number of rotatable bonds is 6. The summed E-state index contributed by atoms with van der Waals surface area (Å²) in [7, 11) is -3.51. The molecule has 2 aromatic rings. The van der Waals surface area contributed by atoms with Gasteiger partial charge in [-0.05, 0) is 49.4 Å². The molecule has 3 nitrogen and oxygen atoms in total. The predicted molar refractivity (Wildman–Crippen MR) is 95.1 cm³/mol. The molecule has 2 unspecified atom stereocenters. The molecule has 0 saturated heterocycles. The summed E-state index contributed by atoms with van der Waals surface area (Å²) in [6.45, 7) is 8.16. The number of benzene rings is 2. The van der Waals surface area contributed by atoms with Crippen molar-refractivity contribution in [2.45, 2.75) is 51.0 Å². The number of hydrogen-bond acceptors (Lipinski definition) is 2. The van der Waals surface area contributed by atoms with Crippen LogP contribution in [0.5, 0.6) is 0 Å². The Hall–Kier alpha value is -1.65. The van der Waals surface area contributed by atoms with Gasteiger partial charge in [0.2, 0.25) is 10.0 Å². The smallest absolute Gasteiger partial charge is 0.207 e. The van der Waals surface area contributed by atoms with Gasteiger partial charge in [0.05, 0.1) is 4.90 Å². The van der Waals surface area contributed by atoms with Crippen LogP contribution >= 0.6 is 0 Å². The highest BCUT2D eigenvalue weighted by molar-refractivity contribution is 7.89. The molecule has 0 aromatic heterocycles. The summed E-state index contributed by atoms with van der Waals surface area (Å²) in [4.78, 5) is 0.297. The number of aryl methyl sites for hydroxylation is 1. The minimum atomic E-state index is -3.51. The fraction of sp³-hybridized carbons (Fsp3) is 0.368. The van der Waals surface area contributed by atoms with E-state index < -0.39 is 10.0 Å². The summed E-state index contributed by atoms with van der Waals surface area (Å²) in [5, 5.41) is 0. The van der Waals surface area contributed by atoms with Gasteiger partial charge in [-0.2, -0.15) is 0 Å². The molecular formula is C19H25NO2S. The fourth-order valence-corrected chi connectivity index (χ4v) is 3.67. The maximum absolute atomic E-state index is 12.4. The van der Waals surface area contributed by atoms with E-state index in [4.69, 9.17) is 0 Å². The van der Waals surface area contributed by atoms with Crippen molar-refractivity contribution >= 4 is 10.0 Å². The lowest BCUT2D eigenvalue weighted by Crippen LogP contribution is -2.26. The molecule has 0 radical (unpaired) electrons. The van der Waals surface area contributed by atoms with Crippen molar-refractivity contribution in [3.8, 4) is 0 Å². The van der Waals surface area contributed by atoms with E-state index >= 15 is 0 Å². The minimum Gasteiger partial charge on any atom is -0.207 e. The second kappa shape index (κ2) is 7.28. The van der Waals surface area contributed by atoms with E-state index in [1.165, 1.54) is 5.56 Å². The van der Waals surface area contributed by atoms with Crippen LogP contribution in [0.2, 0.25) is 0 Å². The lowest BCUT2D eigenvalue weighted by atomic mass is 9.96. The zero-order valence-electron chi connectivity index (χ0n) is 14.2. The second-order valence-electron chi connectivity index (χ2n) is 6.13. The van der Waals surface area contributed by atoms with E-state index in [1.54, 1.807) is 24.3 Å². The predicted octanol–water partition coefficient (Wildman–Crippen LogP) is 4.55. The minimum absolute atomic E-state index is 0.271. The average Bonchev–Trinajstić information content (AvgIpc) is 2.54. The first-order valence-electron chi connectivity index (χ1n) is 8.02. The van der Waals surface area contributed by atoms with Crippen LogP contribution < -0.4 is 4.72 Å². The van der Waals surface area contributed by atoms with Gasteiger partial charge < -0.3 is 0 Å². The maximum Gasteiger partial charge on any atom is 0.241 e. The summed E-state index contributed by atoms with van der Waals surface area (Å²) in [6.07, 6.45) is 1.09. The highest BCUT2D eigenvalue weighted by atomic mass is 32.2. The Bertz CT molecular complexity index is 734. The average molecular weight is 331 g/mol. The topological polar surface area (TPSA) is 46.2 Å². The summed E-state index contributed by atoms with van der Waals surface area (Å²) in [6, 6.07) is 14.8. The van der Waals surface area contributed by atoms with Crippen molar-refractivity contribution < 1.29 is 8.42 Å². The zero-order valence-corrected chi connectivity index (χ0v) is 15.0. The van der Waals surface area contributed by atoms with Gasteiger partial charge in [-0.15, -0.1) is 0 Å². The molecule has 0 aliphatic carbocycles. The Kier molecular flexibility index (Phi) is 5.60. The van der Waals surface area contributed by atoms with Gasteiger partial charge in [0, 0.05) is 6.04 Å². The maximum atomic E-state index is 12.4. The molecule has 0 bridgehead atoms. The molecule has 0 fully saturated rings. The van der Waals surface area contributed by atoms with Crippen molar-refractivity contribution in [1.82, 2.24) is 4.72 Å². The third-order valence-electron chi connectivity index (χ3n) is 4.28. The summed E-state index contributed by atoms with van der Waals surface area (Å²) in [5.74, 6) is 0.517. The molecule has 0 heterocycles. The fourth-order valence-electron chi connectivity index (χ4n) is 2.44. The first-order valence-corrected chi connectivity index (χ1v) is 9.50. The Balaban J connectivity index is 2.14. The van der Waals surface area contributed by atoms with E-state index in [0.717, 1.165) is 17.5 Å². The quantitative estimate of drug-likeness (QED) is 0.844. The summed E-state index contributed by atoms with van der Waals surface area (Å²) in [5.41, 5.74) is 3.29. The molecule has 1 N–H and O–H groups in total. The van der Waals surface area contributed by atoms with Gasteiger partial charge >= 0.3 is 0 Å². The Morgan fingerprint density at radius 3 is 1.96 bits per heavy atom. The van der Waals surface area contributed by atoms with Crippen molar-refractivity contribution in [3.05, 3.63) is 65.2 Å². The largest absolute Gasteiger partial charge is 0.241 e. The molecule has 2 atom stereocenters. The van der Waals surface area contributed by atoms with Gasteiger partial charge in [-0.1, -0.05) is 55.8 Å². The van der Waals surface area contributed by atoms with Crippen LogP contribution in [-0.4, -0.2) is 8.42 Å². The van der Waals surface area contributed by atoms with E-state index in [-0.39, 0.29) is 6.04 Å². The Morgan fingerprint density at radius 2 is 1.43 bits per heavy atom. The van der Waals surface area contributed by atoms with Crippen molar-refractivity contribution in [3.63, 3.8) is 0 Å². The van der Waals surface area contributed by atoms with Crippen LogP contribution in [0.15, 0.2) is 53.4 Å². The van der Waals surface area contributed by atoms with Crippen molar-refractivity contribution in [2.24, 2.45) is 0 Å². The first-order chi connectivity index (χ1) is 10.8. The molecule has 2 rings (SSSR count). The molecular weight excluding hydrogens is 306 g/mol. The van der Waals surface area contributed by atoms with E-state index in [2.05, 4.69) is 30.7 Å². The van der Waals surface area contributed by atoms with Crippen LogP contribution in [0.3, 0.4) is 0 Å². The molecule has 124 valence electrons. The summed E-state index contributed by atoms with van der Waals surface area (Å²) < 4.78 is 27.6. The molecule has 23 heavy (non-hydrogen) atoms. The lowest BCUT2D eigenvalue weighted by Gasteiger charge is -2.16. The van der Waals surface area contributed by atoms with E-state index in [9.17, 15) is 8.42 Å². The van der Waals surface area contributed by atoms with Crippen LogP contribution in [0.4, 0.5) is 0 Å². The van der Waals surface area contributed by atoms with E-state index in [1.807, 2.05) is 26.0 Å². The highest BCUT2D eigenvalue weighted by Crippen LogP contribution is 2.22. The van der Waals surface area contributed by atoms with Gasteiger partial charge in [0.15, 0.2) is 0 Å². The first kappa shape index (κ1) is 17.7. The van der Waals surface area contributed by atoms with Gasteiger partial charge in [-0.25, -0.2) is 13.1 Å². The monoisotopic (exact) mass is 331 g/mol. The van der Waals surface area contributed by atoms with Crippen LogP contribution in [0.1, 0.15) is 55.8 Å². The molecule has 0 aliphatic rings. The number of hydrogen-bond donors (Lipinski definition) is 1. The van der Waals surface area contributed by atoms with E-state index in [0.29, 0.717) is 10.8 Å². The Labute approximate surface area is 139 Å². The van der Waals surface area contributed by atoms with Gasteiger partial charge in [0.25, 0.3) is 0 Å². The second-order valence-corrected chi connectivity index (χ2v) is 7.85. The number of sulfonamides is 1. The number of nitrogens with one attached hydrogen (secondary N) is 1. The third-order valence-corrected chi connectivity index (χ3v) is 5.84. The van der Waals surface area contributed by atoms with Gasteiger partial charge in [-0.3, -0.25) is 0 Å². The molecule has 0 aliphatic heterocycles. The van der Waals surface area contributed by atoms with Gasteiger partial charge in [0.1, 0.15) is 0 Å². The van der Waals surface area contributed by atoms with Crippen molar-refractivity contribution in [1.29, 1.82) is 0 Å². The SMILES string of the molecule is CCC(C)c1ccc(C(C)NS(=O)(=O)c2ccc(C)cc2)cc1. The third kappa shape index (κ3) is 4.43. The Morgan fingerprint density at radius 1 is 0.913 bits per heavy atom. The molecule has 2 aromatic carbocycles. The molecule has 0 amide bonds. The lowest BCUT2D eigenvalue weighted by molar-refractivity contribution is 0.567. The van der Waals surface area contributed by atoms with Crippen LogP contribution in [0, 0.1) is 6.92 Å². The molecule has 0 saturated carbocycles. The zero-order chi connectivity index (χ0) is 17.0. The molecule has 4 heteroatoms. The standard InChI is InChI=1S/C19H25NO2S/c1-5-15(3)17-8-10-18(11-9-17)16(4)20-23(21,22)19-12-6-14(2)7-13-19/h6-13,15-16,20H,5H2,1-4H3. The van der Waals surface area contributed by atoms with Crippen LogP contribution in [-0.2, 0) is 10.0 Å². The van der Waals surface area contributed by atoms with Crippen LogP contribution in [0.25, 0.3) is 0 Å². The normalized spacial score (nSPS) is 14.4. The van der Waals surface area contributed by atoms with Crippen molar-refractivity contribution in [2.75, 3.05) is 0 Å². The molecule has 0 spiro atoms.